The summed E-state index contributed by atoms with van der Waals surface area (Å²) in [5.74, 6) is 0.867. The van der Waals surface area contributed by atoms with E-state index in [1.165, 1.54) is 11.3 Å². The Morgan fingerprint density at radius 1 is 1.47 bits per heavy atom. The molecule has 0 aromatic carbocycles. The molecule has 2 heterocycles. The van der Waals surface area contributed by atoms with Crippen LogP contribution in [0.4, 0.5) is 5.13 Å². The summed E-state index contributed by atoms with van der Waals surface area (Å²) < 4.78 is 0. The van der Waals surface area contributed by atoms with E-state index in [2.05, 4.69) is 31.0 Å². The fourth-order valence-electron chi connectivity index (χ4n) is 1.70. The molecule has 1 aromatic heterocycles. The maximum absolute atomic E-state index is 11.8. The third-order valence-corrected chi connectivity index (χ3v) is 4.52. The van der Waals surface area contributed by atoms with Crippen molar-refractivity contribution in [2.24, 2.45) is 5.92 Å². The van der Waals surface area contributed by atoms with Gasteiger partial charge in [-0.1, -0.05) is 32.1 Å². The van der Waals surface area contributed by atoms with Crippen molar-refractivity contribution in [1.82, 2.24) is 10.2 Å². The van der Waals surface area contributed by atoms with E-state index in [4.69, 9.17) is 11.6 Å². The summed E-state index contributed by atoms with van der Waals surface area (Å²) in [6.07, 6.45) is 0.522. The predicted octanol–water partition coefficient (Wildman–Crippen LogP) is 2.43. The smallest absolute Gasteiger partial charge is 0.229 e. The van der Waals surface area contributed by atoms with E-state index in [0.29, 0.717) is 24.0 Å². The van der Waals surface area contributed by atoms with Crippen LogP contribution in [-0.4, -0.2) is 28.5 Å². The number of anilines is 1. The lowest BCUT2D eigenvalue weighted by molar-refractivity contribution is -0.117. The van der Waals surface area contributed by atoms with Gasteiger partial charge in [0.25, 0.3) is 0 Å². The topological polar surface area (TPSA) is 46.1 Å². The first-order valence-corrected chi connectivity index (χ1v) is 6.97. The fourth-order valence-corrected chi connectivity index (χ4v) is 2.83. The summed E-state index contributed by atoms with van der Waals surface area (Å²) in [5.41, 5.74) is -0.0232. The number of hydrogen-bond acceptors (Lipinski definition) is 4. The Morgan fingerprint density at radius 2 is 2.18 bits per heavy atom. The van der Waals surface area contributed by atoms with Gasteiger partial charge in [0.1, 0.15) is 5.01 Å². The van der Waals surface area contributed by atoms with Gasteiger partial charge in [0.15, 0.2) is 0 Å². The normalized spacial score (nSPS) is 21.3. The number of aromatic nitrogens is 2. The molecule has 1 amide bonds. The molecule has 94 valence electrons. The van der Waals surface area contributed by atoms with Crippen molar-refractivity contribution in [1.29, 1.82) is 0 Å². The van der Waals surface area contributed by atoms with E-state index in [-0.39, 0.29) is 17.2 Å². The average Bonchev–Trinajstić information content (AvgIpc) is 2.82. The highest BCUT2D eigenvalue weighted by atomic mass is 35.5. The van der Waals surface area contributed by atoms with Crippen LogP contribution in [0.5, 0.6) is 0 Å². The van der Waals surface area contributed by atoms with Crippen LogP contribution < -0.4 is 4.90 Å². The minimum atomic E-state index is -0.0232. The highest BCUT2D eigenvalue weighted by molar-refractivity contribution is 7.15. The second kappa shape index (κ2) is 4.53. The maximum Gasteiger partial charge on any atom is 0.229 e. The monoisotopic (exact) mass is 273 g/mol. The number of rotatable bonds is 2. The molecule has 0 spiro atoms. The van der Waals surface area contributed by atoms with E-state index < -0.39 is 0 Å². The molecule has 1 atom stereocenters. The molecule has 1 aliphatic rings. The molecule has 1 fully saturated rings. The number of amides is 1. The Balaban J connectivity index is 2.19. The zero-order valence-corrected chi connectivity index (χ0v) is 11.8. The van der Waals surface area contributed by atoms with Gasteiger partial charge in [-0.25, -0.2) is 0 Å². The Morgan fingerprint density at radius 3 is 2.65 bits per heavy atom. The van der Waals surface area contributed by atoms with Gasteiger partial charge in [0.2, 0.25) is 11.0 Å². The summed E-state index contributed by atoms with van der Waals surface area (Å²) in [4.78, 5) is 13.5. The molecule has 1 saturated heterocycles. The largest absolute Gasteiger partial charge is 0.286 e. The van der Waals surface area contributed by atoms with Crippen LogP contribution in [0.2, 0.25) is 0 Å². The van der Waals surface area contributed by atoms with Crippen molar-refractivity contribution in [2.45, 2.75) is 32.6 Å². The van der Waals surface area contributed by atoms with Crippen molar-refractivity contribution in [3.05, 3.63) is 5.01 Å². The van der Waals surface area contributed by atoms with Crippen molar-refractivity contribution in [3.8, 4) is 0 Å². The lowest BCUT2D eigenvalue weighted by atomic mass is 9.98. The lowest BCUT2D eigenvalue weighted by Gasteiger charge is -2.13. The molecular weight excluding hydrogens is 258 g/mol. The summed E-state index contributed by atoms with van der Waals surface area (Å²) in [6, 6.07) is 0. The summed E-state index contributed by atoms with van der Waals surface area (Å²) in [5, 5.41) is 9.93. The number of halogens is 1. The number of hydrogen-bond donors (Lipinski definition) is 0. The minimum absolute atomic E-state index is 0.0232. The van der Waals surface area contributed by atoms with Crippen LogP contribution in [-0.2, 0) is 10.2 Å². The van der Waals surface area contributed by atoms with Gasteiger partial charge in [-0.3, -0.25) is 9.69 Å². The molecule has 0 saturated carbocycles. The standard InChI is InChI=1S/C11H16ClN3OS/c1-11(2,3)9-13-14-10(17-9)15-6-7(5-12)4-8(15)16/h7H,4-6H2,1-3H3. The van der Waals surface area contributed by atoms with Crippen LogP contribution in [0.15, 0.2) is 0 Å². The van der Waals surface area contributed by atoms with Gasteiger partial charge in [-0.15, -0.1) is 21.8 Å². The van der Waals surface area contributed by atoms with Crippen molar-refractivity contribution < 1.29 is 4.79 Å². The molecule has 0 N–H and O–H groups in total. The Hall–Kier alpha value is -0.680. The van der Waals surface area contributed by atoms with Gasteiger partial charge >= 0.3 is 0 Å². The summed E-state index contributed by atoms with van der Waals surface area (Å²) >= 11 is 7.29. The highest BCUT2D eigenvalue weighted by Gasteiger charge is 2.33. The van der Waals surface area contributed by atoms with Gasteiger partial charge in [-0.2, -0.15) is 0 Å². The Bertz CT molecular complexity index is 427. The minimum Gasteiger partial charge on any atom is -0.286 e. The van der Waals surface area contributed by atoms with Crippen LogP contribution in [0.25, 0.3) is 0 Å². The van der Waals surface area contributed by atoms with Gasteiger partial charge in [0, 0.05) is 24.3 Å². The molecule has 0 bridgehead atoms. The second-order valence-electron chi connectivity index (χ2n) is 5.37. The summed E-state index contributed by atoms with van der Waals surface area (Å²) in [7, 11) is 0. The first kappa shape index (κ1) is 12.8. The zero-order valence-electron chi connectivity index (χ0n) is 10.2. The third kappa shape index (κ3) is 2.60. The number of carbonyl (C=O) groups is 1. The van der Waals surface area contributed by atoms with E-state index in [0.717, 1.165) is 5.01 Å². The van der Waals surface area contributed by atoms with Crippen molar-refractivity contribution in [2.75, 3.05) is 17.3 Å². The molecule has 6 heteroatoms. The fraction of sp³-hybridized carbons (Fsp3) is 0.727. The van der Waals surface area contributed by atoms with Gasteiger partial charge < -0.3 is 0 Å². The molecule has 1 aromatic rings. The summed E-state index contributed by atoms with van der Waals surface area (Å²) in [6.45, 7) is 6.93. The van der Waals surface area contributed by atoms with E-state index in [9.17, 15) is 4.79 Å². The number of alkyl halides is 1. The van der Waals surface area contributed by atoms with Crippen molar-refractivity contribution in [3.63, 3.8) is 0 Å². The van der Waals surface area contributed by atoms with Crippen molar-refractivity contribution >= 4 is 34.0 Å². The average molecular weight is 274 g/mol. The first-order valence-electron chi connectivity index (χ1n) is 5.62. The maximum atomic E-state index is 11.8. The van der Waals surface area contributed by atoms with Crippen LogP contribution in [0, 0.1) is 5.92 Å². The third-order valence-electron chi connectivity index (χ3n) is 2.71. The molecule has 4 nitrogen and oxygen atoms in total. The Labute approximate surface area is 110 Å². The SMILES string of the molecule is CC(C)(C)c1nnc(N2CC(CCl)CC2=O)s1. The van der Waals surface area contributed by atoms with Crippen LogP contribution >= 0.6 is 22.9 Å². The van der Waals surface area contributed by atoms with Crippen LogP contribution in [0.1, 0.15) is 32.2 Å². The predicted molar refractivity (Wildman–Crippen MR) is 69.8 cm³/mol. The van der Waals surface area contributed by atoms with E-state index >= 15 is 0 Å². The quantitative estimate of drug-likeness (QED) is 0.778. The van der Waals surface area contributed by atoms with Crippen LogP contribution in [0.3, 0.4) is 0 Å². The molecule has 0 radical (unpaired) electrons. The van der Waals surface area contributed by atoms with Gasteiger partial charge in [0.05, 0.1) is 0 Å². The lowest BCUT2D eigenvalue weighted by Crippen LogP contribution is -2.24. The molecule has 1 unspecified atom stereocenters. The second-order valence-corrected chi connectivity index (χ2v) is 6.63. The molecular formula is C11H16ClN3OS. The first-order chi connectivity index (χ1) is 7.91. The number of nitrogens with zero attached hydrogens (tertiary/aromatic N) is 3. The molecule has 17 heavy (non-hydrogen) atoms. The van der Waals surface area contributed by atoms with Gasteiger partial charge in [-0.05, 0) is 5.92 Å². The Kier molecular flexibility index (Phi) is 3.41. The molecule has 2 rings (SSSR count). The molecule has 0 aliphatic carbocycles. The molecule has 1 aliphatic heterocycles. The highest BCUT2D eigenvalue weighted by Crippen LogP contribution is 2.32. The van der Waals surface area contributed by atoms with E-state index in [1.807, 2.05) is 0 Å². The van der Waals surface area contributed by atoms with E-state index in [1.54, 1.807) is 4.90 Å². The zero-order chi connectivity index (χ0) is 12.6. The number of carbonyl (C=O) groups excluding carboxylic acids is 1.